The molecule has 0 bridgehead atoms. The Morgan fingerprint density at radius 3 is 2.41 bits per heavy atom. The van der Waals surface area contributed by atoms with E-state index in [0.717, 1.165) is 82.2 Å². The second-order valence-corrected chi connectivity index (χ2v) is 9.47. The summed E-state index contributed by atoms with van der Waals surface area (Å²) in [6, 6.07) is 18.6. The predicted octanol–water partition coefficient (Wildman–Crippen LogP) is 4.50. The summed E-state index contributed by atoms with van der Waals surface area (Å²) in [5.74, 6) is 0.903. The van der Waals surface area contributed by atoms with E-state index in [0.29, 0.717) is 6.54 Å². The van der Waals surface area contributed by atoms with E-state index in [1.165, 1.54) is 11.3 Å². The van der Waals surface area contributed by atoms with E-state index in [4.69, 9.17) is 11.6 Å². The summed E-state index contributed by atoms with van der Waals surface area (Å²) in [4.78, 5) is 17.8. The van der Waals surface area contributed by atoms with Gasteiger partial charge in [-0.3, -0.25) is 9.47 Å². The molecule has 1 fully saturated rings. The Bertz CT molecular complexity index is 1090. The summed E-state index contributed by atoms with van der Waals surface area (Å²) in [6.45, 7) is 8.54. The van der Waals surface area contributed by atoms with Gasteiger partial charge < -0.3 is 4.90 Å². The molecule has 1 saturated heterocycles. The molecule has 0 amide bonds. The molecule has 3 aromatic rings. The van der Waals surface area contributed by atoms with Gasteiger partial charge in [0.1, 0.15) is 5.82 Å². The second kappa shape index (κ2) is 12.2. The molecular weight excluding hydrogens is 446 g/mol. The Morgan fingerprint density at radius 1 is 0.882 bits per heavy atom. The van der Waals surface area contributed by atoms with E-state index in [-0.39, 0.29) is 5.69 Å². The maximum Gasteiger partial charge on any atom is 0.345 e. The summed E-state index contributed by atoms with van der Waals surface area (Å²) in [5, 5.41) is 5.42. The zero-order valence-corrected chi connectivity index (χ0v) is 21.0. The van der Waals surface area contributed by atoms with Gasteiger partial charge in [0, 0.05) is 62.9 Å². The normalized spacial score (nSPS) is 14.6. The lowest BCUT2D eigenvalue weighted by Crippen LogP contribution is -2.46. The van der Waals surface area contributed by atoms with Crippen LogP contribution in [0.2, 0.25) is 5.02 Å². The summed E-state index contributed by atoms with van der Waals surface area (Å²) in [7, 11) is 0. The fourth-order valence-electron chi connectivity index (χ4n) is 4.71. The van der Waals surface area contributed by atoms with Crippen LogP contribution in [0.25, 0.3) is 0 Å². The fourth-order valence-corrected chi connectivity index (χ4v) is 4.89. The summed E-state index contributed by atoms with van der Waals surface area (Å²) in [6.07, 6.45) is 4.84. The molecule has 0 saturated carbocycles. The first kappa shape index (κ1) is 24.6. The third kappa shape index (κ3) is 6.51. The lowest BCUT2D eigenvalue weighted by Gasteiger charge is -2.36. The zero-order chi connectivity index (χ0) is 23.8. The molecule has 2 heterocycles. The molecule has 34 heavy (non-hydrogen) atoms. The molecule has 1 aliphatic rings. The Morgan fingerprint density at radius 2 is 1.68 bits per heavy atom. The summed E-state index contributed by atoms with van der Waals surface area (Å²) in [5.41, 5.74) is 2.59. The highest BCUT2D eigenvalue weighted by atomic mass is 35.5. The van der Waals surface area contributed by atoms with Crippen LogP contribution in [0.4, 0.5) is 5.69 Å². The van der Waals surface area contributed by atoms with Gasteiger partial charge >= 0.3 is 5.69 Å². The molecule has 0 atom stereocenters. The van der Waals surface area contributed by atoms with Crippen molar-refractivity contribution in [1.29, 1.82) is 0 Å². The summed E-state index contributed by atoms with van der Waals surface area (Å²) < 4.78 is 3.56. The fraction of sp³-hybridized carbons (Fsp3) is 0.481. The standard InChI is InChI=1S/C27H36ClN5O/c1-2-26-29-33(27(34)32(26)16-7-6-12-23-10-4-3-5-11-23)17-9-15-30-18-20-31(21-19-30)25-14-8-13-24(28)22-25/h3-5,8,10-11,13-14,22H,2,6-7,9,12,15-21H2,1H3. The van der Waals surface area contributed by atoms with E-state index in [9.17, 15) is 4.79 Å². The number of nitrogens with zero attached hydrogens (tertiary/aromatic N) is 5. The van der Waals surface area contributed by atoms with Gasteiger partial charge in [-0.05, 0) is 49.4 Å². The van der Waals surface area contributed by atoms with Crippen molar-refractivity contribution in [2.45, 2.75) is 52.1 Å². The van der Waals surface area contributed by atoms with E-state index in [1.54, 1.807) is 4.68 Å². The van der Waals surface area contributed by atoms with Gasteiger partial charge in [0.05, 0.1) is 0 Å². The minimum Gasteiger partial charge on any atom is -0.369 e. The van der Waals surface area contributed by atoms with Gasteiger partial charge in [-0.2, -0.15) is 5.10 Å². The average molecular weight is 482 g/mol. The van der Waals surface area contributed by atoms with Crippen molar-refractivity contribution in [2.24, 2.45) is 0 Å². The molecular formula is C27H36ClN5O. The van der Waals surface area contributed by atoms with Crippen molar-refractivity contribution in [3.05, 3.63) is 81.5 Å². The van der Waals surface area contributed by atoms with Crippen molar-refractivity contribution >= 4 is 17.3 Å². The molecule has 0 aliphatic carbocycles. The SMILES string of the molecule is CCc1nn(CCCN2CCN(c3cccc(Cl)c3)CC2)c(=O)n1CCCCc1ccccc1. The molecule has 6 nitrogen and oxygen atoms in total. The number of benzene rings is 2. The molecule has 0 N–H and O–H groups in total. The van der Waals surface area contributed by atoms with Crippen molar-refractivity contribution < 1.29 is 0 Å². The molecule has 2 aromatic carbocycles. The molecule has 4 rings (SSSR count). The maximum atomic E-state index is 13.0. The van der Waals surface area contributed by atoms with Crippen LogP contribution < -0.4 is 10.6 Å². The molecule has 0 unspecified atom stereocenters. The Balaban J connectivity index is 1.22. The molecule has 0 spiro atoms. The first-order valence-electron chi connectivity index (χ1n) is 12.6. The van der Waals surface area contributed by atoms with Gasteiger partial charge in [-0.15, -0.1) is 0 Å². The van der Waals surface area contributed by atoms with Crippen LogP contribution in [-0.4, -0.2) is 52.0 Å². The number of hydrogen-bond acceptors (Lipinski definition) is 4. The lowest BCUT2D eigenvalue weighted by atomic mass is 10.1. The number of piperazine rings is 1. The summed E-state index contributed by atoms with van der Waals surface area (Å²) >= 11 is 6.14. The van der Waals surface area contributed by atoms with Crippen LogP contribution >= 0.6 is 11.6 Å². The van der Waals surface area contributed by atoms with Crippen LogP contribution in [0, 0.1) is 0 Å². The van der Waals surface area contributed by atoms with E-state index >= 15 is 0 Å². The second-order valence-electron chi connectivity index (χ2n) is 9.03. The number of halogens is 1. The van der Waals surface area contributed by atoms with Gasteiger partial charge in [-0.1, -0.05) is 54.9 Å². The predicted molar refractivity (Wildman–Crippen MR) is 140 cm³/mol. The van der Waals surface area contributed by atoms with Crippen molar-refractivity contribution in [3.8, 4) is 0 Å². The number of anilines is 1. The van der Waals surface area contributed by atoms with Gasteiger partial charge in [0.15, 0.2) is 0 Å². The lowest BCUT2D eigenvalue weighted by molar-refractivity contribution is 0.248. The molecule has 1 aromatic heterocycles. The molecule has 7 heteroatoms. The maximum absolute atomic E-state index is 13.0. The first-order valence-corrected chi connectivity index (χ1v) is 12.9. The van der Waals surface area contributed by atoms with Gasteiger partial charge in [-0.25, -0.2) is 9.48 Å². The first-order chi connectivity index (χ1) is 16.6. The number of rotatable bonds is 11. The monoisotopic (exact) mass is 481 g/mol. The third-order valence-corrected chi connectivity index (χ3v) is 6.88. The number of aryl methyl sites for hydroxylation is 3. The van der Waals surface area contributed by atoms with Crippen LogP contribution in [0.1, 0.15) is 37.6 Å². The topological polar surface area (TPSA) is 46.3 Å². The highest BCUT2D eigenvalue weighted by Crippen LogP contribution is 2.20. The van der Waals surface area contributed by atoms with Crippen LogP contribution in [-0.2, 0) is 25.9 Å². The van der Waals surface area contributed by atoms with Gasteiger partial charge in [0.2, 0.25) is 0 Å². The number of unbranched alkanes of at least 4 members (excludes halogenated alkanes) is 1. The van der Waals surface area contributed by atoms with Crippen LogP contribution in [0.3, 0.4) is 0 Å². The van der Waals surface area contributed by atoms with E-state index in [2.05, 4.69) is 52.2 Å². The van der Waals surface area contributed by atoms with E-state index in [1.807, 2.05) is 28.8 Å². The zero-order valence-electron chi connectivity index (χ0n) is 20.2. The van der Waals surface area contributed by atoms with Crippen molar-refractivity contribution in [1.82, 2.24) is 19.2 Å². The number of aromatic nitrogens is 3. The highest BCUT2D eigenvalue weighted by Gasteiger charge is 2.18. The Kier molecular flexibility index (Phi) is 8.83. The quantitative estimate of drug-likeness (QED) is 0.378. The molecule has 182 valence electrons. The minimum absolute atomic E-state index is 0.0438. The third-order valence-electron chi connectivity index (χ3n) is 6.65. The highest BCUT2D eigenvalue weighted by molar-refractivity contribution is 6.30. The van der Waals surface area contributed by atoms with Gasteiger partial charge in [0.25, 0.3) is 0 Å². The molecule has 1 aliphatic heterocycles. The van der Waals surface area contributed by atoms with Crippen LogP contribution in [0.15, 0.2) is 59.4 Å². The average Bonchev–Trinajstić information content (AvgIpc) is 3.17. The minimum atomic E-state index is 0.0438. The van der Waals surface area contributed by atoms with Crippen LogP contribution in [0.5, 0.6) is 0 Å². The smallest absolute Gasteiger partial charge is 0.345 e. The number of hydrogen-bond donors (Lipinski definition) is 0. The Labute approximate surface area is 207 Å². The Hall–Kier alpha value is -2.57. The van der Waals surface area contributed by atoms with E-state index < -0.39 is 0 Å². The van der Waals surface area contributed by atoms with Crippen molar-refractivity contribution in [3.63, 3.8) is 0 Å². The largest absolute Gasteiger partial charge is 0.369 e. The molecule has 0 radical (unpaired) electrons. The van der Waals surface area contributed by atoms with Crippen molar-refractivity contribution in [2.75, 3.05) is 37.6 Å².